The number of alkyl halides is 3. The van der Waals surface area contributed by atoms with Crippen LogP contribution in [0.1, 0.15) is 23.1 Å². The maximum atomic E-state index is 13.7. The molecule has 0 spiro atoms. The lowest BCUT2D eigenvalue weighted by molar-refractivity contribution is -0.143. The number of nitrogens with zero attached hydrogens (tertiary/aromatic N) is 1. The first-order valence-electron chi connectivity index (χ1n) is 8.72. The SMILES string of the molecule is CN(C(=O)OCc1ccccc1)C(CCc1cc(F)c(C(F)(F)F)c(F)c1)C(=O)O. The van der Waals surface area contributed by atoms with Gasteiger partial charge in [0.25, 0.3) is 0 Å². The van der Waals surface area contributed by atoms with Gasteiger partial charge in [-0.2, -0.15) is 13.2 Å². The summed E-state index contributed by atoms with van der Waals surface area (Å²) in [6, 6.07) is 8.22. The monoisotopic (exact) mass is 431 g/mol. The molecule has 0 aliphatic carbocycles. The fourth-order valence-corrected chi connectivity index (χ4v) is 2.78. The number of likely N-dealkylation sites (N-methyl/N-ethyl adjacent to an activating group) is 1. The van der Waals surface area contributed by atoms with Crippen LogP contribution in [0.3, 0.4) is 0 Å². The van der Waals surface area contributed by atoms with Crippen molar-refractivity contribution in [2.24, 2.45) is 0 Å². The molecule has 2 rings (SSSR count). The van der Waals surface area contributed by atoms with E-state index in [0.29, 0.717) is 17.7 Å². The molecule has 30 heavy (non-hydrogen) atoms. The number of amides is 1. The van der Waals surface area contributed by atoms with Gasteiger partial charge in [-0.3, -0.25) is 4.90 Å². The molecule has 0 saturated heterocycles. The Balaban J connectivity index is 2.05. The molecule has 1 amide bonds. The molecule has 0 aliphatic heterocycles. The summed E-state index contributed by atoms with van der Waals surface area (Å²) in [6.45, 7) is -0.0916. The maximum absolute atomic E-state index is 13.7. The topological polar surface area (TPSA) is 66.8 Å². The molecule has 0 radical (unpaired) electrons. The summed E-state index contributed by atoms with van der Waals surface area (Å²) in [4.78, 5) is 24.5. The zero-order valence-corrected chi connectivity index (χ0v) is 15.7. The number of ether oxygens (including phenoxy) is 1. The predicted molar refractivity (Wildman–Crippen MR) is 95.5 cm³/mol. The van der Waals surface area contributed by atoms with Crippen molar-refractivity contribution >= 4 is 12.1 Å². The number of aliphatic carboxylic acids is 1. The number of hydrogen-bond acceptors (Lipinski definition) is 3. The van der Waals surface area contributed by atoms with Gasteiger partial charge < -0.3 is 9.84 Å². The molecule has 5 nitrogen and oxygen atoms in total. The average molecular weight is 431 g/mol. The lowest BCUT2D eigenvalue weighted by atomic mass is 10.0. The Morgan fingerprint density at radius 1 is 1.07 bits per heavy atom. The van der Waals surface area contributed by atoms with Crippen LogP contribution in [0.2, 0.25) is 0 Å². The highest BCUT2D eigenvalue weighted by Gasteiger charge is 2.38. The second-order valence-electron chi connectivity index (χ2n) is 6.48. The molecule has 0 aromatic heterocycles. The Morgan fingerprint density at radius 3 is 2.13 bits per heavy atom. The van der Waals surface area contributed by atoms with Gasteiger partial charge in [0.05, 0.1) is 0 Å². The molecular weight excluding hydrogens is 413 g/mol. The summed E-state index contributed by atoms with van der Waals surface area (Å²) in [5.74, 6) is -4.98. The normalized spacial score (nSPS) is 12.3. The van der Waals surface area contributed by atoms with Gasteiger partial charge in [-0.25, -0.2) is 18.4 Å². The fourth-order valence-electron chi connectivity index (χ4n) is 2.78. The van der Waals surface area contributed by atoms with E-state index in [2.05, 4.69) is 0 Å². The molecule has 0 bridgehead atoms. The number of hydrogen-bond donors (Lipinski definition) is 1. The largest absolute Gasteiger partial charge is 0.480 e. The highest BCUT2D eigenvalue weighted by atomic mass is 19.4. The molecule has 0 saturated carbocycles. The minimum Gasteiger partial charge on any atom is -0.480 e. The standard InChI is InChI=1S/C20H18F5NO4/c1-26(19(29)30-11-12-5-3-2-4-6-12)16(18(27)28)8-7-13-9-14(21)17(15(22)10-13)20(23,24)25/h2-6,9-10,16H,7-8,11H2,1H3,(H,27,28). The van der Waals surface area contributed by atoms with Crippen LogP contribution < -0.4 is 0 Å². The number of carbonyl (C=O) groups is 2. The van der Waals surface area contributed by atoms with Crippen LogP contribution >= 0.6 is 0 Å². The Bertz CT molecular complexity index is 879. The number of carboxylic acids is 1. The molecule has 0 heterocycles. The van der Waals surface area contributed by atoms with Crippen molar-refractivity contribution in [1.82, 2.24) is 4.90 Å². The minimum atomic E-state index is -5.20. The van der Waals surface area contributed by atoms with Gasteiger partial charge in [-0.1, -0.05) is 30.3 Å². The second-order valence-corrected chi connectivity index (χ2v) is 6.48. The van der Waals surface area contributed by atoms with Crippen LogP contribution in [-0.4, -0.2) is 35.2 Å². The van der Waals surface area contributed by atoms with E-state index in [0.717, 1.165) is 4.90 Å². The maximum Gasteiger partial charge on any atom is 0.422 e. The van der Waals surface area contributed by atoms with Gasteiger partial charge in [0, 0.05) is 7.05 Å². The van der Waals surface area contributed by atoms with Gasteiger partial charge >= 0.3 is 18.2 Å². The van der Waals surface area contributed by atoms with E-state index >= 15 is 0 Å². The van der Waals surface area contributed by atoms with Crippen LogP contribution in [0.4, 0.5) is 26.7 Å². The molecule has 0 aliphatic rings. The third-order valence-electron chi connectivity index (χ3n) is 4.34. The van der Waals surface area contributed by atoms with Crippen molar-refractivity contribution in [3.05, 3.63) is 70.8 Å². The van der Waals surface area contributed by atoms with Crippen LogP contribution in [-0.2, 0) is 28.7 Å². The summed E-state index contributed by atoms with van der Waals surface area (Å²) >= 11 is 0. The predicted octanol–water partition coefficient (Wildman–Crippen LogP) is 4.64. The van der Waals surface area contributed by atoms with E-state index in [-0.39, 0.29) is 25.0 Å². The number of rotatable bonds is 7. The first kappa shape index (κ1) is 23.1. The van der Waals surface area contributed by atoms with Gasteiger partial charge in [-0.05, 0) is 36.1 Å². The van der Waals surface area contributed by atoms with Crippen LogP contribution in [0, 0.1) is 11.6 Å². The molecule has 0 fully saturated rings. The third-order valence-corrected chi connectivity index (χ3v) is 4.34. The molecule has 1 atom stereocenters. The van der Waals surface area contributed by atoms with Crippen molar-refractivity contribution in [3.63, 3.8) is 0 Å². The zero-order chi connectivity index (χ0) is 22.5. The van der Waals surface area contributed by atoms with Gasteiger partial charge in [0.1, 0.15) is 29.8 Å². The highest BCUT2D eigenvalue weighted by Crippen LogP contribution is 2.34. The second kappa shape index (κ2) is 9.55. The number of benzene rings is 2. The molecule has 1 unspecified atom stereocenters. The van der Waals surface area contributed by atoms with Crippen LogP contribution in [0.15, 0.2) is 42.5 Å². The fraction of sp³-hybridized carbons (Fsp3) is 0.300. The van der Waals surface area contributed by atoms with E-state index in [4.69, 9.17) is 4.74 Å². The molecule has 2 aromatic rings. The Hall–Kier alpha value is -3.17. The Labute approximate surface area is 168 Å². The van der Waals surface area contributed by atoms with Gasteiger partial charge in [0.15, 0.2) is 0 Å². The lowest BCUT2D eigenvalue weighted by Gasteiger charge is -2.24. The van der Waals surface area contributed by atoms with E-state index in [1.807, 2.05) is 0 Å². The summed E-state index contributed by atoms with van der Waals surface area (Å²) in [5.41, 5.74) is -1.50. The van der Waals surface area contributed by atoms with Crippen LogP contribution in [0.25, 0.3) is 0 Å². The summed E-state index contributed by atoms with van der Waals surface area (Å²) < 4.78 is 70.3. The van der Waals surface area contributed by atoms with Crippen molar-refractivity contribution in [3.8, 4) is 0 Å². The molecule has 162 valence electrons. The smallest absolute Gasteiger partial charge is 0.422 e. The van der Waals surface area contributed by atoms with E-state index < -0.39 is 41.5 Å². The van der Waals surface area contributed by atoms with E-state index in [1.165, 1.54) is 7.05 Å². The number of aryl methyl sites for hydroxylation is 1. The Kier molecular flexibility index (Phi) is 7.36. The zero-order valence-electron chi connectivity index (χ0n) is 15.7. The van der Waals surface area contributed by atoms with Gasteiger partial charge in [0.2, 0.25) is 0 Å². The molecular formula is C20H18F5NO4. The van der Waals surface area contributed by atoms with Crippen LogP contribution in [0.5, 0.6) is 0 Å². The van der Waals surface area contributed by atoms with E-state index in [1.54, 1.807) is 30.3 Å². The van der Waals surface area contributed by atoms with Gasteiger partial charge in [-0.15, -0.1) is 0 Å². The molecule has 1 N–H and O–H groups in total. The molecule has 10 heteroatoms. The summed E-state index contributed by atoms with van der Waals surface area (Å²) in [6.07, 6.45) is -6.70. The number of carboxylic acid groups (broad SMARTS) is 1. The number of carbonyl (C=O) groups excluding carboxylic acids is 1. The third kappa shape index (κ3) is 5.91. The van der Waals surface area contributed by atoms with Crippen molar-refractivity contribution in [1.29, 1.82) is 0 Å². The first-order chi connectivity index (χ1) is 14.0. The lowest BCUT2D eigenvalue weighted by Crippen LogP contribution is -2.43. The van der Waals surface area contributed by atoms with Crippen molar-refractivity contribution in [2.75, 3.05) is 7.05 Å². The summed E-state index contributed by atoms with van der Waals surface area (Å²) in [5, 5.41) is 9.37. The molecule has 2 aromatic carbocycles. The van der Waals surface area contributed by atoms with Crippen molar-refractivity contribution in [2.45, 2.75) is 31.7 Å². The van der Waals surface area contributed by atoms with E-state index in [9.17, 15) is 36.6 Å². The number of halogens is 5. The quantitative estimate of drug-likeness (QED) is 0.649. The Morgan fingerprint density at radius 2 is 1.63 bits per heavy atom. The average Bonchev–Trinajstić information content (AvgIpc) is 2.65. The highest BCUT2D eigenvalue weighted by molar-refractivity contribution is 5.79. The van der Waals surface area contributed by atoms with Crippen molar-refractivity contribution < 1.29 is 41.4 Å². The summed E-state index contributed by atoms with van der Waals surface area (Å²) in [7, 11) is 1.18. The minimum absolute atomic E-state index is 0.0916. The first-order valence-corrected chi connectivity index (χ1v) is 8.72.